The van der Waals surface area contributed by atoms with E-state index in [0.717, 1.165) is 11.5 Å². The quantitative estimate of drug-likeness (QED) is 0.626. The predicted octanol–water partition coefficient (Wildman–Crippen LogP) is 3.90. The summed E-state index contributed by atoms with van der Waals surface area (Å²) in [5, 5.41) is 0. The van der Waals surface area contributed by atoms with Crippen LogP contribution in [0.5, 0.6) is 0 Å². The first-order chi connectivity index (χ1) is 6.83. The fourth-order valence-electron chi connectivity index (χ4n) is 2.36. The smallest absolute Gasteiger partial charge is 0.155 e. The van der Waals surface area contributed by atoms with Crippen LogP contribution in [0.4, 0.5) is 0 Å². The Hall–Kier alpha value is -0.850. The Balaban J connectivity index is 2.85. The third-order valence-corrected chi connectivity index (χ3v) is 3.39. The van der Waals surface area contributed by atoms with Gasteiger partial charge in [0.1, 0.15) is 0 Å². The molecule has 0 radical (unpaired) electrons. The molecule has 1 unspecified atom stereocenters. The zero-order valence-electron chi connectivity index (χ0n) is 10.6. The highest BCUT2D eigenvalue weighted by molar-refractivity contribution is 5.92. The molecular formula is C14H22O. The van der Waals surface area contributed by atoms with Crippen molar-refractivity contribution >= 4 is 5.78 Å². The summed E-state index contributed by atoms with van der Waals surface area (Å²) >= 11 is 0. The second-order valence-electron chi connectivity index (χ2n) is 5.50. The molecule has 0 aromatic carbocycles. The van der Waals surface area contributed by atoms with Gasteiger partial charge in [-0.25, -0.2) is 0 Å². The van der Waals surface area contributed by atoms with Gasteiger partial charge < -0.3 is 0 Å². The summed E-state index contributed by atoms with van der Waals surface area (Å²) in [6.45, 7) is 10.4. The van der Waals surface area contributed by atoms with E-state index in [4.69, 9.17) is 0 Å². The van der Waals surface area contributed by atoms with E-state index < -0.39 is 0 Å². The number of allylic oxidation sites excluding steroid dienone is 4. The van der Waals surface area contributed by atoms with Gasteiger partial charge in [0, 0.05) is 0 Å². The van der Waals surface area contributed by atoms with Gasteiger partial charge in [-0.2, -0.15) is 0 Å². The molecule has 0 aromatic rings. The Morgan fingerprint density at radius 2 is 2.00 bits per heavy atom. The lowest BCUT2D eigenvalue weighted by molar-refractivity contribution is -0.113. The van der Waals surface area contributed by atoms with Crippen LogP contribution in [0.3, 0.4) is 0 Å². The molecule has 1 atom stereocenters. The van der Waals surface area contributed by atoms with E-state index in [1.54, 1.807) is 6.92 Å². The third-order valence-electron chi connectivity index (χ3n) is 3.39. The largest absolute Gasteiger partial charge is 0.295 e. The van der Waals surface area contributed by atoms with Crippen LogP contribution in [-0.4, -0.2) is 5.78 Å². The van der Waals surface area contributed by atoms with Crippen molar-refractivity contribution in [1.82, 2.24) is 0 Å². The average Bonchev–Trinajstić information content (AvgIpc) is 2.34. The highest BCUT2D eigenvalue weighted by Crippen LogP contribution is 2.45. The number of ketones is 1. The lowest BCUT2D eigenvalue weighted by atomic mass is 9.86. The Morgan fingerprint density at radius 3 is 2.40 bits per heavy atom. The molecule has 0 heterocycles. The zero-order valence-corrected chi connectivity index (χ0v) is 10.6. The Bertz CT molecular complexity index is 318. The summed E-state index contributed by atoms with van der Waals surface area (Å²) in [5.74, 6) is 0.938. The van der Waals surface area contributed by atoms with Gasteiger partial charge >= 0.3 is 0 Å². The van der Waals surface area contributed by atoms with Gasteiger partial charge in [0.05, 0.1) is 0 Å². The fourth-order valence-corrected chi connectivity index (χ4v) is 2.36. The van der Waals surface area contributed by atoms with Crippen LogP contribution in [0.15, 0.2) is 23.3 Å². The summed E-state index contributed by atoms with van der Waals surface area (Å²) in [4.78, 5) is 11.1. The predicted molar refractivity (Wildman–Crippen MR) is 64.7 cm³/mol. The number of carbonyl (C=O) groups excluding carboxylic acids is 1. The van der Waals surface area contributed by atoms with Crippen molar-refractivity contribution in [1.29, 1.82) is 0 Å². The van der Waals surface area contributed by atoms with Gasteiger partial charge in [-0.15, -0.1) is 0 Å². The van der Waals surface area contributed by atoms with E-state index in [1.807, 2.05) is 13.0 Å². The molecule has 1 saturated carbocycles. The van der Waals surface area contributed by atoms with Gasteiger partial charge in [0.2, 0.25) is 0 Å². The number of Topliss-reactive ketones (excluding diaryl/α,β-unsaturated/α-hetero) is 1. The summed E-state index contributed by atoms with van der Waals surface area (Å²) in [6.07, 6.45) is 6.55. The first-order valence-electron chi connectivity index (χ1n) is 5.72. The molecule has 1 rings (SSSR count). The maximum Gasteiger partial charge on any atom is 0.155 e. The monoisotopic (exact) mass is 206 g/mol. The molecule has 1 fully saturated rings. The molecule has 1 aliphatic carbocycles. The maximum atomic E-state index is 11.1. The van der Waals surface area contributed by atoms with Crippen LogP contribution >= 0.6 is 0 Å². The minimum absolute atomic E-state index is 0.163. The number of hydrogen-bond acceptors (Lipinski definition) is 1. The fraction of sp³-hybridized carbons (Fsp3) is 0.643. The normalized spacial score (nSPS) is 28.5. The van der Waals surface area contributed by atoms with Crippen molar-refractivity contribution < 1.29 is 4.79 Å². The average molecular weight is 206 g/mol. The molecule has 0 bridgehead atoms. The van der Waals surface area contributed by atoms with Gasteiger partial charge in [0.25, 0.3) is 0 Å². The van der Waals surface area contributed by atoms with Crippen LogP contribution in [0.1, 0.15) is 47.5 Å². The lowest BCUT2D eigenvalue weighted by Gasteiger charge is -2.19. The van der Waals surface area contributed by atoms with Crippen molar-refractivity contribution in [3.05, 3.63) is 23.3 Å². The molecule has 0 N–H and O–H groups in total. The Labute approximate surface area is 93.3 Å². The summed E-state index contributed by atoms with van der Waals surface area (Å²) in [5.41, 5.74) is 2.64. The van der Waals surface area contributed by atoms with Gasteiger partial charge in [0.15, 0.2) is 5.78 Å². The number of hydrogen-bond donors (Lipinski definition) is 0. The van der Waals surface area contributed by atoms with Crippen LogP contribution in [0, 0.1) is 11.3 Å². The highest BCUT2D eigenvalue weighted by atomic mass is 16.1. The van der Waals surface area contributed by atoms with E-state index >= 15 is 0 Å². The van der Waals surface area contributed by atoms with Crippen molar-refractivity contribution in [3.8, 4) is 0 Å². The van der Waals surface area contributed by atoms with Crippen LogP contribution in [0.25, 0.3) is 0 Å². The molecule has 0 spiro atoms. The van der Waals surface area contributed by atoms with E-state index in [-0.39, 0.29) is 5.78 Å². The second kappa shape index (κ2) is 4.34. The van der Waals surface area contributed by atoms with Crippen LogP contribution < -0.4 is 0 Å². The number of carbonyl (C=O) groups is 1. The zero-order chi connectivity index (χ0) is 11.6. The van der Waals surface area contributed by atoms with E-state index in [2.05, 4.69) is 26.8 Å². The van der Waals surface area contributed by atoms with Gasteiger partial charge in [-0.1, -0.05) is 38.5 Å². The van der Waals surface area contributed by atoms with Crippen molar-refractivity contribution in [3.63, 3.8) is 0 Å². The van der Waals surface area contributed by atoms with Crippen molar-refractivity contribution in [2.75, 3.05) is 0 Å². The summed E-state index contributed by atoms with van der Waals surface area (Å²) < 4.78 is 0. The first kappa shape index (κ1) is 12.2. The van der Waals surface area contributed by atoms with E-state index in [1.165, 1.54) is 18.4 Å². The third kappa shape index (κ3) is 3.05. The molecule has 15 heavy (non-hydrogen) atoms. The van der Waals surface area contributed by atoms with Gasteiger partial charge in [-0.3, -0.25) is 4.79 Å². The molecule has 0 saturated heterocycles. The molecule has 84 valence electrons. The molecule has 0 aromatic heterocycles. The Kier molecular flexibility index (Phi) is 3.54. The Morgan fingerprint density at radius 1 is 1.40 bits per heavy atom. The van der Waals surface area contributed by atoms with Gasteiger partial charge in [-0.05, 0) is 43.6 Å². The molecular weight excluding hydrogens is 184 g/mol. The summed E-state index contributed by atoms with van der Waals surface area (Å²) in [7, 11) is 0. The lowest BCUT2D eigenvalue weighted by Crippen LogP contribution is -2.07. The van der Waals surface area contributed by atoms with Crippen molar-refractivity contribution in [2.24, 2.45) is 11.3 Å². The van der Waals surface area contributed by atoms with Crippen molar-refractivity contribution in [2.45, 2.75) is 47.5 Å². The summed E-state index contributed by atoms with van der Waals surface area (Å²) in [6, 6.07) is 0. The maximum absolute atomic E-state index is 11.1. The molecule has 1 nitrogen and oxygen atoms in total. The molecule has 1 aliphatic rings. The van der Waals surface area contributed by atoms with E-state index in [0.29, 0.717) is 5.41 Å². The topological polar surface area (TPSA) is 17.1 Å². The molecule has 0 aliphatic heterocycles. The van der Waals surface area contributed by atoms with Crippen LogP contribution in [-0.2, 0) is 4.79 Å². The SMILES string of the molecule is CC(=O)/C(C)=C/C=C1\CC(C)CC1(C)C. The van der Waals surface area contributed by atoms with E-state index in [9.17, 15) is 4.79 Å². The molecule has 1 heteroatoms. The highest BCUT2D eigenvalue weighted by Gasteiger charge is 2.32. The standard InChI is InChI=1S/C14H22O/c1-10-8-13(14(4,5)9-10)7-6-11(2)12(3)15/h6-7,10H,8-9H2,1-5H3/b11-6+,13-7+. The number of rotatable bonds is 2. The van der Waals surface area contributed by atoms with Crippen LogP contribution in [0.2, 0.25) is 0 Å². The second-order valence-corrected chi connectivity index (χ2v) is 5.50. The minimum Gasteiger partial charge on any atom is -0.295 e. The molecule has 0 amide bonds. The minimum atomic E-state index is 0.163. The first-order valence-corrected chi connectivity index (χ1v) is 5.72.